The first kappa shape index (κ1) is 14.5. The predicted molar refractivity (Wildman–Crippen MR) is 90.9 cm³/mol. The molecule has 1 heterocycles. The Bertz CT molecular complexity index is 719. The van der Waals surface area contributed by atoms with Crippen molar-refractivity contribution in [2.24, 2.45) is 5.73 Å². The van der Waals surface area contributed by atoms with E-state index in [-0.39, 0.29) is 0 Å². The van der Waals surface area contributed by atoms with Crippen LogP contribution >= 0.6 is 23.5 Å². The van der Waals surface area contributed by atoms with Crippen molar-refractivity contribution in [2.75, 3.05) is 5.75 Å². The number of rotatable bonds is 5. The fourth-order valence-electron chi connectivity index (χ4n) is 2.21. The summed E-state index contributed by atoms with van der Waals surface area (Å²) in [5, 5.41) is 0.907. The summed E-state index contributed by atoms with van der Waals surface area (Å²) < 4.78 is 0. The molecular weight excluding hydrogens is 298 g/mol. The van der Waals surface area contributed by atoms with Crippen LogP contribution in [0.15, 0.2) is 57.4 Å². The van der Waals surface area contributed by atoms with E-state index < -0.39 is 0 Å². The van der Waals surface area contributed by atoms with Crippen molar-refractivity contribution in [3.63, 3.8) is 0 Å². The second-order valence-electron chi connectivity index (χ2n) is 4.53. The highest BCUT2D eigenvalue weighted by Gasteiger charge is 2.10. The lowest BCUT2D eigenvalue weighted by atomic mass is 10.2. The molecule has 3 aromatic rings. The number of nitrogens with one attached hydrogen (secondary N) is 1. The largest absolute Gasteiger partial charge is 0.333 e. The summed E-state index contributed by atoms with van der Waals surface area (Å²) in [6.07, 6.45) is 0. The molecule has 0 unspecified atom stereocenters. The molecular formula is C16H17N3S2. The SMILES string of the molecule is CCSc1cccc(Sc2nc3ccccc3[nH]2)c1CN. The first-order valence-corrected chi connectivity index (χ1v) is 8.69. The van der Waals surface area contributed by atoms with Crippen LogP contribution in [0.4, 0.5) is 0 Å². The third kappa shape index (κ3) is 3.10. The Morgan fingerprint density at radius 2 is 1.90 bits per heavy atom. The van der Waals surface area contributed by atoms with Crippen molar-refractivity contribution in [2.45, 2.75) is 28.4 Å². The zero-order chi connectivity index (χ0) is 14.7. The zero-order valence-electron chi connectivity index (χ0n) is 11.8. The van der Waals surface area contributed by atoms with Crippen molar-refractivity contribution in [3.8, 4) is 0 Å². The topological polar surface area (TPSA) is 54.7 Å². The smallest absolute Gasteiger partial charge is 0.171 e. The average molecular weight is 315 g/mol. The van der Waals surface area contributed by atoms with Crippen molar-refractivity contribution >= 4 is 34.6 Å². The monoisotopic (exact) mass is 315 g/mol. The van der Waals surface area contributed by atoms with Crippen LogP contribution in [-0.2, 0) is 6.54 Å². The molecule has 0 aliphatic heterocycles. The number of aromatic nitrogens is 2. The van der Waals surface area contributed by atoms with Crippen molar-refractivity contribution in [1.29, 1.82) is 0 Å². The van der Waals surface area contributed by atoms with Gasteiger partial charge in [-0.3, -0.25) is 0 Å². The standard InChI is InChI=1S/C16H17N3S2/c1-2-20-14-8-5-9-15(11(14)10-17)21-16-18-12-6-3-4-7-13(12)19-16/h3-9H,2,10,17H2,1H3,(H,18,19). The summed E-state index contributed by atoms with van der Waals surface area (Å²) in [7, 11) is 0. The first-order valence-electron chi connectivity index (χ1n) is 6.89. The number of hydrogen-bond acceptors (Lipinski definition) is 4. The first-order chi connectivity index (χ1) is 10.3. The number of imidazole rings is 1. The second kappa shape index (κ2) is 6.56. The highest BCUT2D eigenvalue weighted by Crippen LogP contribution is 2.34. The molecule has 21 heavy (non-hydrogen) atoms. The van der Waals surface area contributed by atoms with E-state index in [1.807, 2.05) is 36.0 Å². The molecule has 3 N–H and O–H groups in total. The van der Waals surface area contributed by atoms with Gasteiger partial charge in [0.15, 0.2) is 5.16 Å². The number of para-hydroxylation sites is 2. The molecule has 3 rings (SSSR count). The Balaban J connectivity index is 1.95. The molecule has 0 bridgehead atoms. The van der Waals surface area contributed by atoms with Gasteiger partial charge in [0.25, 0.3) is 0 Å². The lowest BCUT2D eigenvalue weighted by Crippen LogP contribution is -2.00. The molecule has 0 atom stereocenters. The number of thioether (sulfide) groups is 1. The van der Waals surface area contributed by atoms with Crippen LogP contribution in [0.2, 0.25) is 0 Å². The quantitative estimate of drug-likeness (QED) is 0.690. The van der Waals surface area contributed by atoms with Gasteiger partial charge in [0.05, 0.1) is 11.0 Å². The summed E-state index contributed by atoms with van der Waals surface area (Å²) in [5.74, 6) is 1.05. The Labute approximate surface area is 132 Å². The highest BCUT2D eigenvalue weighted by molar-refractivity contribution is 8.00. The van der Waals surface area contributed by atoms with Crippen LogP contribution in [0, 0.1) is 0 Å². The maximum absolute atomic E-state index is 5.95. The number of H-pyrrole nitrogens is 1. The fourth-order valence-corrected chi connectivity index (χ4v) is 4.11. The molecule has 0 saturated heterocycles. The van der Waals surface area contributed by atoms with Gasteiger partial charge < -0.3 is 10.7 Å². The van der Waals surface area contributed by atoms with E-state index in [1.165, 1.54) is 15.4 Å². The van der Waals surface area contributed by atoms with Gasteiger partial charge in [-0.25, -0.2) is 4.98 Å². The van der Waals surface area contributed by atoms with E-state index in [0.29, 0.717) is 6.54 Å². The van der Waals surface area contributed by atoms with Gasteiger partial charge in [-0.15, -0.1) is 11.8 Å². The van der Waals surface area contributed by atoms with Crippen LogP contribution in [0.1, 0.15) is 12.5 Å². The van der Waals surface area contributed by atoms with Crippen LogP contribution < -0.4 is 5.73 Å². The van der Waals surface area contributed by atoms with E-state index in [4.69, 9.17) is 5.73 Å². The van der Waals surface area contributed by atoms with Crippen LogP contribution in [-0.4, -0.2) is 15.7 Å². The minimum Gasteiger partial charge on any atom is -0.333 e. The maximum Gasteiger partial charge on any atom is 0.171 e. The van der Waals surface area contributed by atoms with E-state index in [1.54, 1.807) is 11.8 Å². The molecule has 0 aliphatic rings. The van der Waals surface area contributed by atoms with Gasteiger partial charge >= 0.3 is 0 Å². The zero-order valence-corrected chi connectivity index (χ0v) is 13.4. The minimum absolute atomic E-state index is 0.547. The third-order valence-corrected chi connectivity index (χ3v) is 5.14. The maximum atomic E-state index is 5.95. The highest BCUT2D eigenvalue weighted by atomic mass is 32.2. The van der Waals surface area contributed by atoms with Gasteiger partial charge in [-0.2, -0.15) is 0 Å². The number of hydrogen-bond donors (Lipinski definition) is 2. The Kier molecular flexibility index (Phi) is 4.53. The fraction of sp³-hybridized carbons (Fsp3) is 0.188. The molecule has 1 aromatic heterocycles. The second-order valence-corrected chi connectivity index (χ2v) is 6.87. The van der Waals surface area contributed by atoms with Crippen molar-refractivity contribution in [3.05, 3.63) is 48.0 Å². The van der Waals surface area contributed by atoms with Gasteiger partial charge in [0.1, 0.15) is 0 Å². The Morgan fingerprint density at radius 1 is 1.10 bits per heavy atom. The minimum atomic E-state index is 0.547. The normalized spacial score (nSPS) is 11.1. The number of nitrogens with two attached hydrogens (primary N) is 1. The van der Waals surface area contributed by atoms with Crippen molar-refractivity contribution in [1.82, 2.24) is 9.97 Å². The van der Waals surface area contributed by atoms with Crippen LogP contribution in [0.25, 0.3) is 11.0 Å². The Hall–Kier alpha value is -1.43. The van der Waals surface area contributed by atoms with Gasteiger partial charge in [0.2, 0.25) is 0 Å². The Morgan fingerprint density at radius 3 is 2.67 bits per heavy atom. The number of fused-ring (bicyclic) bond motifs is 1. The molecule has 0 aliphatic carbocycles. The summed E-state index contributed by atoms with van der Waals surface area (Å²) in [4.78, 5) is 10.4. The molecule has 0 spiro atoms. The summed E-state index contributed by atoms with van der Waals surface area (Å²) in [5.41, 5.74) is 9.21. The van der Waals surface area contributed by atoms with E-state index in [0.717, 1.165) is 21.9 Å². The average Bonchev–Trinajstić information content (AvgIpc) is 2.90. The molecule has 0 amide bonds. The third-order valence-electron chi connectivity index (χ3n) is 3.17. The van der Waals surface area contributed by atoms with Crippen LogP contribution in [0.3, 0.4) is 0 Å². The molecule has 5 heteroatoms. The van der Waals surface area contributed by atoms with E-state index in [9.17, 15) is 0 Å². The molecule has 0 fully saturated rings. The van der Waals surface area contributed by atoms with Gasteiger partial charge in [0, 0.05) is 16.3 Å². The van der Waals surface area contributed by atoms with Crippen LogP contribution in [0.5, 0.6) is 0 Å². The lowest BCUT2D eigenvalue weighted by molar-refractivity contribution is 0.974. The summed E-state index contributed by atoms with van der Waals surface area (Å²) in [6, 6.07) is 14.4. The summed E-state index contributed by atoms with van der Waals surface area (Å²) in [6.45, 7) is 2.70. The van der Waals surface area contributed by atoms with Gasteiger partial charge in [-0.1, -0.05) is 36.9 Å². The molecule has 3 nitrogen and oxygen atoms in total. The number of benzene rings is 2. The lowest BCUT2D eigenvalue weighted by Gasteiger charge is -2.10. The molecule has 0 saturated carbocycles. The van der Waals surface area contributed by atoms with E-state index >= 15 is 0 Å². The van der Waals surface area contributed by atoms with Gasteiger partial charge in [-0.05, 0) is 35.6 Å². The summed E-state index contributed by atoms with van der Waals surface area (Å²) >= 11 is 3.48. The molecule has 2 aromatic carbocycles. The molecule has 108 valence electrons. The molecule has 0 radical (unpaired) electrons. The van der Waals surface area contributed by atoms with Crippen molar-refractivity contribution < 1.29 is 0 Å². The number of nitrogens with zero attached hydrogens (tertiary/aromatic N) is 1. The van der Waals surface area contributed by atoms with E-state index in [2.05, 4.69) is 35.1 Å². The number of aromatic amines is 1. The predicted octanol–water partition coefficient (Wildman–Crippen LogP) is 4.28.